The number of ether oxygens (including phenoxy) is 2. The number of thiophene rings is 1. The Morgan fingerprint density at radius 1 is 1.21 bits per heavy atom. The van der Waals surface area contributed by atoms with E-state index in [0.717, 1.165) is 42.5 Å². The van der Waals surface area contributed by atoms with Crippen molar-refractivity contribution < 1.29 is 19.1 Å². The summed E-state index contributed by atoms with van der Waals surface area (Å²) in [6.07, 6.45) is 5.91. The minimum absolute atomic E-state index is 0.0568. The minimum atomic E-state index is -0.376. The van der Waals surface area contributed by atoms with Gasteiger partial charge >= 0.3 is 5.97 Å². The van der Waals surface area contributed by atoms with Gasteiger partial charge in [-0.1, -0.05) is 18.5 Å². The van der Waals surface area contributed by atoms with Gasteiger partial charge in [0, 0.05) is 16.1 Å². The highest BCUT2D eigenvalue weighted by Crippen LogP contribution is 2.39. The largest absolute Gasteiger partial charge is 0.471 e. The van der Waals surface area contributed by atoms with Crippen LogP contribution in [0.5, 0.6) is 5.75 Å². The number of esters is 1. The summed E-state index contributed by atoms with van der Waals surface area (Å²) in [6, 6.07) is 8.57. The maximum atomic E-state index is 13.1. The van der Waals surface area contributed by atoms with Crippen molar-refractivity contribution in [2.75, 3.05) is 5.32 Å². The molecule has 0 aliphatic heterocycles. The van der Waals surface area contributed by atoms with E-state index in [9.17, 15) is 9.59 Å². The van der Waals surface area contributed by atoms with Crippen molar-refractivity contribution >= 4 is 39.8 Å². The molecule has 0 saturated carbocycles. The predicted octanol–water partition coefficient (Wildman–Crippen LogP) is 5.72. The van der Waals surface area contributed by atoms with Gasteiger partial charge in [0.05, 0.1) is 11.7 Å². The fourth-order valence-corrected chi connectivity index (χ4v) is 5.06. The van der Waals surface area contributed by atoms with Crippen LogP contribution in [-0.2, 0) is 24.3 Å². The van der Waals surface area contributed by atoms with Gasteiger partial charge in [0.1, 0.15) is 16.4 Å². The average Bonchev–Trinajstić information content (AvgIpc) is 3.42. The van der Waals surface area contributed by atoms with E-state index in [0.29, 0.717) is 27.0 Å². The first-order valence-corrected chi connectivity index (χ1v) is 12.2. The zero-order chi connectivity index (χ0) is 23.4. The molecule has 3 aromatic rings. The summed E-state index contributed by atoms with van der Waals surface area (Å²) in [4.78, 5) is 27.2. The van der Waals surface area contributed by atoms with Gasteiger partial charge in [-0.05, 0) is 74.9 Å². The number of aromatic nitrogens is 2. The van der Waals surface area contributed by atoms with Gasteiger partial charge in [-0.3, -0.25) is 4.79 Å². The van der Waals surface area contributed by atoms with Crippen LogP contribution in [0.3, 0.4) is 0 Å². The number of nitrogens with one attached hydrogen (secondary N) is 1. The zero-order valence-electron chi connectivity index (χ0n) is 18.6. The van der Waals surface area contributed by atoms with E-state index in [4.69, 9.17) is 21.1 Å². The lowest BCUT2D eigenvalue weighted by Gasteiger charge is -2.15. The Balaban J connectivity index is 1.53. The van der Waals surface area contributed by atoms with E-state index in [1.54, 1.807) is 30.3 Å². The van der Waals surface area contributed by atoms with Crippen LogP contribution in [0.1, 0.15) is 64.4 Å². The van der Waals surface area contributed by atoms with E-state index in [2.05, 4.69) is 10.4 Å². The Morgan fingerprint density at radius 2 is 1.97 bits per heavy atom. The molecular formula is C24H26ClN3O4S. The number of hydrogen-bond donors (Lipinski definition) is 1. The fraction of sp³-hybridized carbons (Fsp3) is 0.375. The van der Waals surface area contributed by atoms with Gasteiger partial charge in [0.2, 0.25) is 0 Å². The molecule has 1 aliphatic rings. The maximum absolute atomic E-state index is 13.1. The zero-order valence-corrected chi connectivity index (χ0v) is 20.2. The van der Waals surface area contributed by atoms with E-state index in [1.165, 1.54) is 22.2 Å². The van der Waals surface area contributed by atoms with Crippen molar-refractivity contribution in [3.05, 3.63) is 63.2 Å². The summed E-state index contributed by atoms with van der Waals surface area (Å²) in [5.41, 5.74) is 1.83. The fourth-order valence-electron chi connectivity index (χ4n) is 3.66. The number of benzene rings is 1. The normalized spacial score (nSPS) is 13.8. The standard InChI is InChI=1S/C24H26ClN3O4S/c1-3-15(2)32-24(30)21-18-6-4-5-7-20(18)33-23(21)27-22(29)19-12-13-26-28(19)14-31-17-10-8-16(25)9-11-17/h8-13,15H,3-7,14H2,1-2H3,(H,27,29). The third kappa shape index (κ3) is 5.39. The summed E-state index contributed by atoms with van der Waals surface area (Å²) in [5, 5.41) is 8.28. The van der Waals surface area contributed by atoms with Crippen molar-refractivity contribution in [1.29, 1.82) is 0 Å². The number of amides is 1. The second-order valence-corrected chi connectivity index (χ2v) is 9.48. The first kappa shape index (κ1) is 23.3. The number of halogens is 1. The molecule has 1 aromatic carbocycles. The molecule has 0 radical (unpaired) electrons. The van der Waals surface area contributed by atoms with Crippen molar-refractivity contribution in [2.45, 2.75) is 58.8 Å². The van der Waals surface area contributed by atoms with Crippen molar-refractivity contribution in [3.63, 3.8) is 0 Å². The van der Waals surface area contributed by atoms with Crippen molar-refractivity contribution in [2.24, 2.45) is 0 Å². The summed E-state index contributed by atoms with van der Waals surface area (Å²) in [6.45, 7) is 3.90. The third-order valence-electron chi connectivity index (χ3n) is 5.60. The summed E-state index contributed by atoms with van der Waals surface area (Å²) < 4.78 is 12.8. The lowest BCUT2D eigenvalue weighted by Crippen LogP contribution is -2.21. The predicted molar refractivity (Wildman–Crippen MR) is 128 cm³/mol. The summed E-state index contributed by atoms with van der Waals surface area (Å²) in [7, 11) is 0. The number of fused-ring (bicyclic) bond motifs is 1. The summed E-state index contributed by atoms with van der Waals surface area (Å²) in [5.74, 6) is -0.121. The molecule has 0 spiro atoms. The quantitative estimate of drug-likeness (QED) is 0.411. The Kier molecular flexibility index (Phi) is 7.35. The highest BCUT2D eigenvalue weighted by molar-refractivity contribution is 7.17. The molecule has 0 fully saturated rings. The topological polar surface area (TPSA) is 82.5 Å². The first-order valence-electron chi connectivity index (χ1n) is 11.0. The monoisotopic (exact) mass is 487 g/mol. The number of rotatable bonds is 8. The second kappa shape index (κ2) is 10.4. The first-order chi connectivity index (χ1) is 16.0. The average molecular weight is 488 g/mol. The molecule has 1 aliphatic carbocycles. The van der Waals surface area contributed by atoms with Crippen LogP contribution in [0.25, 0.3) is 0 Å². The number of nitrogens with zero attached hydrogens (tertiary/aromatic N) is 2. The Bertz CT molecular complexity index is 1140. The third-order valence-corrected chi connectivity index (χ3v) is 7.06. The highest BCUT2D eigenvalue weighted by atomic mass is 35.5. The van der Waals surface area contributed by atoms with Crippen LogP contribution in [0, 0.1) is 0 Å². The van der Waals surface area contributed by atoms with Gasteiger partial charge in [-0.25, -0.2) is 9.48 Å². The molecule has 7 nitrogen and oxygen atoms in total. The molecule has 174 valence electrons. The van der Waals surface area contributed by atoms with Crippen molar-refractivity contribution in [1.82, 2.24) is 9.78 Å². The van der Waals surface area contributed by atoms with Crippen molar-refractivity contribution in [3.8, 4) is 5.75 Å². The Labute approximate surface area is 201 Å². The minimum Gasteiger partial charge on any atom is -0.471 e. The van der Waals surface area contributed by atoms with E-state index in [-0.39, 0.29) is 24.7 Å². The molecule has 1 N–H and O–H groups in total. The molecule has 2 aromatic heterocycles. The number of anilines is 1. The smallest absolute Gasteiger partial charge is 0.341 e. The molecule has 0 saturated heterocycles. The number of carbonyl (C=O) groups excluding carboxylic acids is 2. The molecule has 1 unspecified atom stereocenters. The summed E-state index contributed by atoms with van der Waals surface area (Å²) >= 11 is 7.37. The number of aryl methyl sites for hydroxylation is 1. The van der Waals surface area contributed by atoms with Crippen LogP contribution in [-0.4, -0.2) is 27.8 Å². The SMILES string of the molecule is CCC(C)OC(=O)c1c(NC(=O)c2ccnn2COc2ccc(Cl)cc2)sc2c1CCCC2. The maximum Gasteiger partial charge on any atom is 0.341 e. The lowest BCUT2D eigenvalue weighted by molar-refractivity contribution is 0.0335. The molecule has 2 heterocycles. The van der Waals surface area contributed by atoms with Crippen LogP contribution >= 0.6 is 22.9 Å². The highest BCUT2D eigenvalue weighted by Gasteiger charge is 2.28. The molecule has 1 amide bonds. The Hall–Kier alpha value is -2.84. The van der Waals surface area contributed by atoms with Gasteiger partial charge in [-0.15, -0.1) is 11.3 Å². The van der Waals surface area contributed by atoms with Gasteiger partial charge in [-0.2, -0.15) is 5.10 Å². The van der Waals surface area contributed by atoms with Crippen LogP contribution in [0.2, 0.25) is 5.02 Å². The van der Waals surface area contributed by atoms with Crippen LogP contribution in [0.15, 0.2) is 36.5 Å². The molecule has 9 heteroatoms. The van der Waals surface area contributed by atoms with E-state index >= 15 is 0 Å². The van der Waals surface area contributed by atoms with E-state index < -0.39 is 0 Å². The van der Waals surface area contributed by atoms with Gasteiger partial charge in [0.15, 0.2) is 6.73 Å². The molecule has 0 bridgehead atoms. The molecule has 4 rings (SSSR count). The van der Waals surface area contributed by atoms with Crippen LogP contribution < -0.4 is 10.1 Å². The lowest BCUT2D eigenvalue weighted by atomic mass is 9.95. The number of carbonyl (C=O) groups is 2. The van der Waals surface area contributed by atoms with E-state index in [1.807, 2.05) is 13.8 Å². The number of hydrogen-bond acceptors (Lipinski definition) is 6. The molecule has 33 heavy (non-hydrogen) atoms. The van der Waals surface area contributed by atoms with Crippen LogP contribution in [0.4, 0.5) is 5.00 Å². The van der Waals surface area contributed by atoms with Gasteiger partial charge in [0.25, 0.3) is 5.91 Å². The Morgan fingerprint density at radius 3 is 2.73 bits per heavy atom. The van der Waals surface area contributed by atoms with Gasteiger partial charge < -0.3 is 14.8 Å². The molecule has 1 atom stereocenters. The molecular weight excluding hydrogens is 462 g/mol. The second-order valence-electron chi connectivity index (χ2n) is 7.94.